The highest BCUT2D eigenvalue weighted by atomic mass is 32.2. The Kier molecular flexibility index (Phi) is 5.50. The van der Waals surface area contributed by atoms with Crippen LogP contribution in [0.2, 0.25) is 0 Å². The summed E-state index contributed by atoms with van der Waals surface area (Å²) in [5.74, 6) is 1.05. The summed E-state index contributed by atoms with van der Waals surface area (Å²) in [6, 6.07) is 15.7. The minimum atomic E-state index is -0.0772. The molecular formula is C20H19N5OS2. The Morgan fingerprint density at radius 3 is 2.82 bits per heavy atom. The number of nitrogens with zero attached hydrogens (tertiary/aromatic N) is 4. The number of para-hydroxylation sites is 2. The molecule has 0 radical (unpaired) electrons. The van der Waals surface area contributed by atoms with Crippen molar-refractivity contribution in [3.05, 3.63) is 54.4 Å². The van der Waals surface area contributed by atoms with Gasteiger partial charge in [0.05, 0.1) is 16.8 Å². The molecule has 4 rings (SSSR count). The van der Waals surface area contributed by atoms with Gasteiger partial charge in [0.25, 0.3) is 0 Å². The van der Waals surface area contributed by atoms with E-state index in [9.17, 15) is 4.79 Å². The van der Waals surface area contributed by atoms with Crippen molar-refractivity contribution in [2.45, 2.75) is 23.3 Å². The van der Waals surface area contributed by atoms with E-state index in [2.05, 4.69) is 22.4 Å². The van der Waals surface area contributed by atoms with Gasteiger partial charge in [0.1, 0.15) is 10.9 Å². The van der Waals surface area contributed by atoms with E-state index in [1.165, 1.54) is 11.8 Å². The van der Waals surface area contributed by atoms with Crippen LogP contribution in [0.25, 0.3) is 16.7 Å². The molecule has 0 saturated heterocycles. The fourth-order valence-electron chi connectivity index (χ4n) is 2.97. The first-order valence-corrected chi connectivity index (χ1v) is 11.1. The maximum atomic E-state index is 12.4. The summed E-state index contributed by atoms with van der Waals surface area (Å²) in [5.41, 5.74) is 3.32. The van der Waals surface area contributed by atoms with Crippen LogP contribution >= 0.6 is 23.5 Å². The maximum absolute atomic E-state index is 12.4. The predicted molar refractivity (Wildman–Crippen MR) is 115 cm³/mol. The number of amides is 1. The van der Waals surface area contributed by atoms with Crippen molar-refractivity contribution in [3.63, 3.8) is 0 Å². The number of carbonyl (C=O) groups excluding carboxylic acids is 1. The number of aromatic nitrogens is 4. The maximum Gasteiger partial charge on any atom is 0.234 e. The monoisotopic (exact) mass is 409 g/mol. The predicted octanol–water partition coefficient (Wildman–Crippen LogP) is 4.29. The van der Waals surface area contributed by atoms with E-state index in [-0.39, 0.29) is 11.7 Å². The van der Waals surface area contributed by atoms with Gasteiger partial charge in [-0.3, -0.25) is 9.20 Å². The number of aryl methyl sites for hydroxylation is 1. The highest BCUT2D eigenvalue weighted by molar-refractivity contribution is 8.00. The normalized spacial score (nSPS) is 11.2. The first kappa shape index (κ1) is 18.8. The molecule has 0 bridgehead atoms. The summed E-state index contributed by atoms with van der Waals surface area (Å²) in [4.78, 5) is 18.3. The van der Waals surface area contributed by atoms with Crippen molar-refractivity contribution in [1.29, 1.82) is 0 Å². The fourth-order valence-corrected chi connectivity index (χ4v) is 4.20. The first-order chi connectivity index (χ1) is 13.7. The molecule has 142 valence electrons. The number of rotatable bonds is 6. The van der Waals surface area contributed by atoms with Gasteiger partial charge in [-0.2, -0.15) is 0 Å². The number of thioether (sulfide) groups is 2. The van der Waals surface area contributed by atoms with Gasteiger partial charge in [0.15, 0.2) is 5.65 Å². The second-order valence-corrected chi connectivity index (χ2v) is 7.95. The molecule has 6 nitrogen and oxygen atoms in total. The highest BCUT2D eigenvalue weighted by Gasteiger charge is 2.15. The molecule has 2 heterocycles. The molecule has 2 aromatic carbocycles. The quantitative estimate of drug-likeness (QED) is 0.479. The number of anilines is 1. The van der Waals surface area contributed by atoms with Gasteiger partial charge >= 0.3 is 0 Å². The molecule has 28 heavy (non-hydrogen) atoms. The average molecular weight is 410 g/mol. The third kappa shape index (κ3) is 3.70. The third-order valence-corrected chi connectivity index (χ3v) is 5.95. The van der Waals surface area contributed by atoms with Gasteiger partial charge in [0, 0.05) is 17.0 Å². The zero-order chi connectivity index (χ0) is 19.5. The number of hydrogen-bond acceptors (Lipinski definition) is 6. The van der Waals surface area contributed by atoms with Crippen LogP contribution in [0.3, 0.4) is 0 Å². The summed E-state index contributed by atoms with van der Waals surface area (Å²) in [5, 5.41) is 12.3. The molecule has 0 spiro atoms. The average Bonchev–Trinajstić information content (AvgIpc) is 3.17. The first-order valence-electron chi connectivity index (χ1n) is 8.89. The molecule has 0 unspecified atom stereocenters. The van der Waals surface area contributed by atoms with Crippen LogP contribution in [-0.2, 0) is 11.2 Å². The third-order valence-electron chi connectivity index (χ3n) is 4.28. The molecule has 0 aliphatic carbocycles. The van der Waals surface area contributed by atoms with Gasteiger partial charge in [-0.1, -0.05) is 36.9 Å². The van der Waals surface area contributed by atoms with Crippen molar-refractivity contribution in [3.8, 4) is 0 Å². The Morgan fingerprint density at radius 2 is 2.00 bits per heavy atom. The Balaban J connectivity index is 1.58. The standard InChI is InChI=1S/C20H19N5OS2/c1-3-17-23-24-19-20(22-15-9-4-5-10-16(15)25(17)19)28-12-18(26)21-13-7-6-8-14(11-13)27-2/h4-11H,3,12H2,1-2H3,(H,21,26). The van der Waals surface area contributed by atoms with Crippen molar-refractivity contribution < 1.29 is 4.79 Å². The molecule has 2 aromatic heterocycles. The van der Waals surface area contributed by atoms with Gasteiger partial charge in [-0.15, -0.1) is 22.0 Å². The van der Waals surface area contributed by atoms with E-state index in [1.807, 2.05) is 59.2 Å². The van der Waals surface area contributed by atoms with E-state index < -0.39 is 0 Å². The van der Waals surface area contributed by atoms with Crippen LogP contribution < -0.4 is 5.32 Å². The SMILES string of the molecule is CCc1nnc2c(SCC(=O)Nc3cccc(SC)c3)nc3ccccc3n12. The lowest BCUT2D eigenvalue weighted by atomic mass is 10.3. The molecule has 0 fully saturated rings. The fraction of sp³-hybridized carbons (Fsp3) is 0.200. The van der Waals surface area contributed by atoms with Crippen LogP contribution in [0.1, 0.15) is 12.7 Å². The molecule has 0 saturated carbocycles. The van der Waals surface area contributed by atoms with Gasteiger partial charge < -0.3 is 5.32 Å². The van der Waals surface area contributed by atoms with Crippen molar-refractivity contribution in [2.75, 3.05) is 17.3 Å². The molecular weight excluding hydrogens is 390 g/mol. The van der Waals surface area contributed by atoms with Gasteiger partial charge in [-0.05, 0) is 36.6 Å². The topological polar surface area (TPSA) is 72.2 Å². The summed E-state index contributed by atoms with van der Waals surface area (Å²) < 4.78 is 2.03. The summed E-state index contributed by atoms with van der Waals surface area (Å²) in [6.07, 6.45) is 2.78. The number of fused-ring (bicyclic) bond motifs is 3. The largest absolute Gasteiger partial charge is 0.325 e. The molecule has 1 amide bonds. The zero-order valence-electron chi connectivity index (χ0n) is 15.5. The van der Waals surface area contributed by atoms with Crippen LogP contribution in [0.5, 0.6) is 0 Å². The highest BCUT2D eigenvalue weighted by Crippen LogP contribution is 2.26. The Morgan fingerprint density at radius 1 is 1.14 bits per heavy atom. The summed E-state index contributed by atoms with van der Waals surface area (Å²) >= 11 is 3.02. The van der Waals surface area contributed by atoms with Crippen LogP contribution in [0, 0.1) is 0 Å². The lowest BCUT2D eigenvalue weighted by Crippen LogP contribution is -2.14. The Labute approximate surface area is 171 Å². The number of hydrogen-bond donors (Lipinski definition) is 1. The van der Waals surface area contributed by atoms with Crippen molar-refractivity contribution in [2.24, 2.45) is 0 Å². The summed E-state index contributed by atoms with van der Waals surface area (Å²) in [6.45, 7) is 2.05. The van der Waals surface area contributed by atoms with Crippen LogP contribution in [0.15, 0.2) is 58.5 Å². The van der Waals surface area contributed by atoms with E-state index in [0.29, 0.717) is 10.7 Å². The molecule has 8 heteroatoms. The number of benzene rings is 2. The van der Waals surface area contributed by atoms with Crippen molar-refractivity contribution in [1.82, 2.24) is 19.6 Å². The van der Waals surface area contributed by atoms with Gasteiger partial charge in [0.2, 0.25) is 5.91 Å². The van der Waals surface area contributed by atoms with E-state index in [4.69, 9.17) is 4.98 Å². The molecule has 0 aliphatic rings. The zero-order valence-corrected chi connectivity index (χ0v) is 17.2. The summed E-state index contributed by atoms with van der Waals surface area (Å²) in [7, 11) is 0. The number of nitrogens with one attached hydrogen (secondary N) is 1. The molecule has 4 aromatic rings. The minimum Gasteiger partial charge on any atom is -0.325 e. The molecule has 0 atom stereocenters. The molecule has 0 aliphatic heterocycles. The smallest absolute Gasteiger partial charge is 0.234 e. The lowest BCUT2D eigenvalue weighted by Gasteiger charge is -2.09. The van der Waals surface area contributed by atoms with E-state index >= 15 is 0 Å². The Hall–Kier alpha value is -2.58. The van der Waals surface area contributed by atoms with Crippen LogP contribution in [0.4, 0.5) is 5.69 Å². The second kappa shape index (κ2) is 8.20. The lowest BCUT2D eigenvalue weighted by molar-refractivity contribution is -0.113. The van der Waals surface area contributed by atoms with E-state index in [0.717, 1.165) is 33.9 Å². The van der Waals surface area contributed by atoms with Crippen molar-refractivity contribution >= 4 is 51.8 Å². The second-order valence-electron chi connectivity index (χ2n) is 6.10. The van der Waals surface area contributed by atoms with E-state index in [1.54, 1.807) is 11.8 Å². The van der Waals surface area contributed by atoms with Gasteiger partial charge in [-0.25, -0.2) is 4.98 Å². The van der Waals surface area contributed by atoms with Crippen LogP contribution in [-0.4, -0.2) is 37.5 Å². The Bertz CT molecular complexity index is 1160. The number of carbonyl (C=O) groups is 1. The minimum absolute atomic E-state index is 0.0772. The molecule has 1 N–H and O–H groups in total.